The molecular weight excluding hydrogens is 200 g/mol. The Morgan fingerprint density at radius 3 is 2.15 bits per heavy atom. The van der Waals surface area contributed by atoms with Crippen LogP contribution in [0, 0.1) is 0 Å². The van der Waals surface area contributed by atoms with Gasteiger partial charge >= 0.3 is 5.97 Å². The van der Waals surface area contributed by atoms with Crippen molar-refractivity contribution < 1.29 is 19.5 Å². The average molecular weight is 209 g/mol. The molecule has 0 aliphatic carbocycles. The summed E-state index contributed by atoms with van der Waals surface area (Å²) in [6.45, 7) is -1.13. The topological polar surface area (TPSA) is 101 Å². The van der Waals surface area contributed by atoms with Gasteiger partial charge in [0.2, 0.25) is 11.8 Å². The highest BCUT2D eigenvalue weighted by Crippen LogP contribution is 1.93. The van der Waals surface area contributed by atoms with E-state index < -0.39 is 36.8 Å². The van der Waals surface area contributed by atoms with Gasteiger partial charge in [-0.15, -0.1) is 11.6 Å². The Balaban J connectivity index is 4.45. The Kier molecular flexibility index (Phi) is 5.01. The van der Waals surface area contributed by atoms with Crippen LogP contribution in [0.15, 0.2) is 0 Å². The fourth-order valence-electron chi connectivity index (χ4n) is 0.633. The quantitative estimate of drug-likeness (QED) is 0.555. The molecule has 3 N–H and O–H groups in total. The number of imide groups is 1. The first kappa shape index (κ1) is 11.9. The minimum Gasteiger partial charge on any atom is -0.480 e. The maximum Gasteiger partial charge on any atom is 0.323 e. The largest absolute Gasteiger partial charge is 0.480 e. The summed E-state index contributed by atoms with van der Waals surface area (Å²) >= 11 is 5.15. The van der Waals surface area contributed by atoms with Crippen molar-refractivity contribution in [3.8, 4) is 0 Å². The number of hydrogen-bond donors (Lipinski definition) is 2. The number of carbonyl (C=O) groups excluding carboxylic acids is 2. The van der Waals surface area contributed by atoms with Crippen LogP contribution in [0.25, 0.3) is 0 Å². The zero-order valence-electron chi connectivity index (χ0n) is 6.70. The molecule has 0 aromatic carbocycles. The molecule has 0 saturated carbocycles. The second kappa shape index (κ2) is 5.50. The lowest BCUT2D eigenvalue weighted by Crippen LogP contribution is -2.44. The van der Waals surface area contributed by atoms with E-state index in [2.05, 4.69) is 0 Å². The molecule has 0 atom stereocenters. The van der Waals surface area contributed by atoms with Gasteiger partial charge in [-0.3, -0.25) is 19.3 Å². The number of rotatable bonds is 4. The van der Waals surface area contributed by atoms with Crippen molar-refractivity contribution in [3.63, 3.8) is 0 Å². The average Bonchev–Trinajstić information content (AvgIpc) is 2.11. The van der Waals surface area contributed by atoms with Gasteiger partial charge in [0.05, 0.1) is 6.54 Å². The van der Waals surface area contributed by atoms with Gasteiger partial charge in [0.15, 0.2) is 0 Å². The number of aliphatic carboxylic acids is 1. The van der Waals surface area contributed by atoms with Crippen LogP contribution in [0.4, 0.5) is 0 Å². The first-order valence-electron chi connectivity index (χ1n) is 3.34. The minimum absolute atomic E-state index is 0.421. The van der Waals surface area contributed by atoms with Gasteiger partial charge in [-0.1, -0.05) is 0 Å². The monoisotopic (exact) mass is 208 g/mol. The molecule has 0 heterocycles. The smallest absolute Gasteiger partial charge is 0.323 e. The van der Waals surface area contributed by atoms with Crippen molar-refractivity contribution >= 4 is 29.4 Å². The lowest BCUT2D eigenvalue weighted by Gasteiger charge is -2.15. The summed E-state index contributed by atoms with van der Waals surface area (Å²) in [6.07, 6.45) is 0. The zero-order chi connectivity index (χ0) is 10.4. The third-order valence-corrected chi connectivity index (χ3v) is 1.41. The molecule has 0 aromatic rings. The molecule has 0 aliphatic heterocycles. The SMILES string of the molecule is NCC(=O)N(CC(=O)O)C(=O)CCl. The van der Waals surface area contributed by atoms with E-state index in [0.29, 0.717) is 4.90 Å². The van der Waals surface area contributed by atoms with E-state index in [0.717, 1.165) is 0 Å². The molecule has 2 amide bonds. The van der Waals surface area contributed by atoms with E-state index >= 15 is 0 Å². The number of carbonyl (C=O) groups is 3. The minimum atomic E-state index is -1.29. The number of carboxylic acids is 1. The lowest BCUT2D eigenvalue weighted by atomic mass is 10.4. The summed E-state index contributed by atoms with van der Waals surface area (Å²) in [5.74, 6) is -3.26. The lowest BCUT2D eigenvalue weighted by molar-refractivity contribution is -0.150. The van der Waals surface area contributed by atoms with Crippen molar-refractivity contribution in [2.75, 3.05) is 19.0 Å². The van der Waals surface area contributed by atoms with Crippen LogP contribution < -0.4 is 5.73 Å². The molecule has 0 spiro atoms. The predicted octanol–water partition coefficient (Wildman–Crippen LogP) is -1.38. The number of nitrogens with zero attached hydrogens (tertiary/aromatic N) is 1. The summed E-state index contributed by atoms with van der Waals surface area (Å²) in [5, 5.41) is 8.34. The van der Waals surface area contributed by atoms with Crippen molar-refractivity contribution in [3.05, 3.63) is 0 Å². The van der Waals surface area contributed by atoms with Gasteiger partial charge in [-0.05, 0) is 0 Å². The highest BCUT2D eigenvalue weighted by molar-refractivity contribution is 6.28. The summed E-state index contributed by atoms with van der Waals surface area (Å²) in [7, 11) is 0. The Hall–Kier alpha value is -1.14. The number of hydrogen-bond acceptors (Lipinski definition) is 4. The third-order valence-electron chi connectivity index (χ3n) is 1.18. The molecule has 0 aliphatic rings. The molecule has 7 heteroatoms. The number of alkyl halides is 1. The Morgan fingerprint density at radius 2 is 1.85 bits per heavy atom. The zero-order valence-corrected chi connectivity index (χ0v) is 7.45. The molecule has 0 radical (unpaired) electrons. The van der Waals surface area contributed by atoms with Gasteiger partial charge in [0.1, 0.15) is 12.4 Å². The van der Waals surface area contributed by atoms with E-state index in [-0.39, 0.29) is 0 Å². The molecule has 74 valence electrons. The van der Waals surface area contributed by atoms with E-state index in [9.17, 15) is 14.4 Å². The molecule has 13 heavy (non-hydrogen) atoms. The first-order chi connectivity index (χ1) is 6.02. The van der Waals surface area contributed by atoms with Crippen LogP contribution in [0.5, 0.6) is 0 Å². The van der Waals surface area contributed by atoms with Crippen LogP contribution >= 0.6 is 11.6 Å². The van der Waals surface area contributed by atoms with Crippen LogP contribution in [0.1, 0.15) is 0 Å². The fraction of sp³-hybridized carbons (Fsp3) is 0.500. The highest BCUT2D eigenvalue weighted by Gasteiger charge is 2.21. The maximum atomic E-state index is 10.9. The molecule has 0 rings (SSSR count). The van der Waals surface area contributed by atoms with E-state index in [1.807, 2.05) is 0 Å². The third kappa shape index (κ3) is 3.86. The second-order valence-corrected chi connectivity index (χ2v) is 2.37. The maximum absolute atomic E-state index is 10.9. The first-order valence-corrected chi connectivity index (χ1v) is 3.87. The number of amides is 2. The fourth-order valence-corrected chi connectivity index (χ4v) is 0.777. The highest BCUT2D eigenvalue weighted by atomic mass is 35.5. The number of carboxylic acid groups (broad SMARTS) is 1. The normalized spacial score (nSPS) is 9.38. The second-order valence-electron chi connectivity index (χ2n) is 2.11. The molecule has 0 unspecified atom stereocenters. The van der Waals surface area contributed by atoms with Gasteiger partial charge in [0.25, 0.3) is 0 Å². The molecular formula is C6H9ClN2O4. The van der Waals surface area contributed by atoms with Crippen LogP contribution in [-0.2, 0) is 14.4 Å². The molecule has 0 saturated heterocycles. The van der Waals surface area contributed by atoms with Crippen LogP contribution in [0.3, 0.4) is 0 Å². The van der Waals surface area contributed by atoms with E-state index in [1.54, 1.807) is 0 Å². The van der Waals surface area contributed by atoms with Crippen LogP contribution in [-0.4, -0.2) is 46.8 Å². The summed E-state index contributed by atoms with van der Waals surface area (Å²) < 4.78 is 0. The van der Waals surface area contributed by atoms with E-state index in [1.165, 1.54) is 0 Å². The molecule has 0 aromatic heterocycles. The van der Waals surface area contributed by atoms with Crippen molar-refractivity contribution in [1.29, 1.82) is 0 Å². The van der Waals surface area contributed by atoms with Gasteiger partial charge < -0.3 is 10.8 Å². The summed E-state index contributed by atoms with van der Waals surface area (Å²) in [5.41, 5.74) is 4.96. The number of nitrogens with two attached hydrogens (primary N) is 1. The number of halogens is 1. The molecule has 0 fully saturated rings. The Bertz CT molecular complexity index is 215. The summed E-state index contributed by atoms with van der Waals surface area (Å²) in [4.78, 5) is 32.5. The molecule has 0 bridgehead atoms. The van der Waals surface area contributed by atoms with E-state index in [4.69, 9.17) is 22.4 Å². The molecule has 6 nitrogen and oxygen atoms in total. The van der Waals surface area contributed by atoms with Crippen molar-refractivity contribution in [2.24, 2.45) is 5.73 Å². The predicted molar refractivity (Wildman–Crippen MR) is 44.1 cm³/mol. The van der Waals surface area contributed by atoms with Gasteiger partial charge in [-0.25, -0.2) is 0 Å². The standard InChI is InChI=1S/C6H9ClN2O4/c7-1-4(10)9(3-6(12)13)5(11)2-8/h1-3,8H2,(H,12,13). The van der Waals surface area contributed by atoms with Gasteiger partial charge in [-0.2, -0.15) is 0 Å². The Morgan fingerprint density at radius 1 is 1.31 bits per heavy atom. The van der Waals surface area contributed by atoms with Gasteiger partial charge in [0, 0.05) is 0 Å². The summed E-state index contributed by atoms with van der Waals surface area (Å²) in [6, 6.07) is 0. The van der Waals surface area contributed by atoms with Crippen molar-refractivity contribution in [2.45, 2.75) is 0 Å². The Labute approximate surface area is 79.2 Å². The van der Waals surface area contributed by atoms with Crippen molar-refractivity contribution in [1.82, 2.24) is 4.90 Å². The van der Waals surface area contributed by atoms with Crippen LogP contribution in [0.2, 0.25) is 0 Å².